The van der Waals surface area contributed by atoms with Crippen LogP contribution in [0.5, 0.6) is 0 Å². The third-order valence-corrected chi connectivity index (χ3v) is 6.64. The maximum atomic E-state index is 12.8. The number of hydrogen-bond acceptors (Lipinski definition) is 5. The SMILES string of the molecule is CNC(=O)c1ccc(S(=O)(=O)N2CCC(O)(c3cccnc3)CC2)cc1. The summed E-state index contributed by atoms with van der Waals surface area (Å²) < 4.78 is 27.0. The van der Waals surface area contributed by atoms with Crippen LogP contribution in [0.2, 0.25) is 0 Å². The number of aromatic nitrogens is 1. The molecule has 7 nitrogen and oxygen atoms in total. The van der Waals surface area contributed by atoms with Crippen molar-refractivity contribution in [1.29, 1.82) is 0 Å². The Morgan fingerprint density at radius 1 is 1.19 bits per heavy atom. The molecule has 1 aliphatic heterocycles. The quantitative estimate of drug-likeness (QED) is 0.834. The molecule has 0 bridgehead atoms. The van der Waals surface area contributed by atoms with Gasteiger partial charge in [0.15, 0.2) is 0 Å². The van der Waals surface area contributed by atoms with Crippen LogP contribution in [-0.2, 0) is 15.6 Å². The predicted molar refractivity (Wildman–Crippen MR) is 96.0 cm³/mol. The molecular formula is C18H21N3O4S. The third-order valence-electron chi connectivity index (χ3n) is 4.73. The van der Waals surface area contributed by atoms with Crippen LogP contribution in [0.15, 0.2) is 53.7 Å². The third kappa shape index (κ3) is 3.48. The van der Waals surface area contributed by atoms with Gasteiger partial charge in [-0.1, -0.05) is 6.07 Å². The Morgan fingerprint density at radius 2 is 1.85 bits per heavy atom. The van der Waals surface area contributed by atoms with Gasteiger partial charge in [0, 0.05) is 43.7 Å². The number of carbonyl (C=O) groups excluding carboxylic acids is 1. The van der Waals surface area contributed by atoms with Crippen molar-refractivity contribution in [3.05, 3.63) is 59.9 Å². The number of amides is 1. The highest BCUT2D eigenvalue weighted by atomic mass is 32.2. The zero-order valence-electron chi connectivity index (χ0n) is 14.4. The average Bonchev–Trinajstić information content (AvgIpc) is 2.68. The van der Waals surface area contributed by atoms with Crippen molar-refractivity contribution in [3.63, 3.8) is 0 Å². The molecule has 0 saturated carbocycles. The first-order chi connectivity index (χ1) is 12.4. The number of nitrogens with one attached hydrogen (secondary N) is 1. The van der Waals surface area contributed by atoms with Crippen LogP contribution in [0.1, 0.15) is 28.8 Å². The lowest BCUT2D eigenvalue weighted by Crippen LogP contribution is -2.45. The van der Waals surface area contributed by atoms with E-state index in [0.717, 1.165) is 0 Å². The molecular weight excluding hydrogens is 354 g/mol. The van der Waals surface area contributed by atoms with Crippen molar-refractivity contribution in [2.75, 3.05) is 20.1 Å². The molecule has 2 N–H and O–H groups in total. The monoisotopic (exact) mass is 375 g/mol. The summed E-state index contributed by atoms with van der Waals surface area (Å²) in [6.07, 6.45) is 3.85. The van der Waals surface area contributed by atoms with E-state index >= 15 is 0 Å². The largest absolute Gasteiger partial charge is 0.385 e. The molecule has 26 heavy (non-hydrogen) atoms. The first-order valence-corrected chi connectivity index (χ1v) is 9.76. The number of rotatable bonds is 4. The van der Waals surface area contributed by atoms with E-state index in [1.165, 1.54) is 35.6 Å². The average molecular weight is 375 g/mol. The van der Waals surface area contributed by atoms with Gasteiger partial charge in [0.1, 0.15) is 0 Å². The van der Waals surface area contributed by atoms with Gasteiger partial charge in [0.05, 0.1) is 10.5 Å². The molecule has 1 aromatic carbocycles. The minimum Gasteiger partial charge on any atom is -0.385 e. The highest BCUT2D eigenvalue weighted by molar-refractivity contribution is 7.89. The summed E-state index contributed by atoms with van der Waals surface area (Å²) in [6.45, 7) is 0.426. The fourth-order valence-electron chi connectivity index (χ4n) is 3.09. The number of hydrogen-bond donors (Lipinski definition) is 2. The summed E-state index contributed by atoms with van der Waals surface area (Å²) in [5, 5.41) is 13.3. The van der Waals surface area contributed by atoms with Crippen molar-refractivity contribution in [2.45, 2.75) is 23.3 Å². The minimum absolute atomic E-state index is 0.136. The molecule has 1 aliphatic rings. The second kappa shape index (κ2) is 7.14. The van der Waals surface area contributed by atoms with Crippen molar-refractivity contribution in [3.8, 4) is 0 Å². The molecule has 138 valence electrons. The fraction of sp³-hybridized carbons (Fsp3) is 0.333. The van der Waals surface area contributed by atoms with Crippen LogP contribution in [0.3, 0.4) is 0 Å². The number of sulfonamides is 1. The van der Waals surface area contributed by atoms with Gasteiger partial charge in [0.2, 0.25) is 10.0 Å². The lowest BCUT2D eigenvalue weighted by molar-refractivity contribution is -0.00989. The van der Waals surface area contributed by atoms with Crippen LogP contribution in [0.4, 0.5) is 0 Å². The van der Waals surface area contributed by atoms with Crippen molar-refractivity contribution in [1.82, 2.24) is 14.6 Å². The Kier molecular flexibility index (Phi) is 5.08. The van der Waals surface area contributed by atoms with E-state index < -0.39 is 15.6 Å². The summed E-state index contributed by atoms with van der Waals surface area (Å²) in [6, 6.07) is 9.39. The number of carbonyl (C=O) groups is 1. The topological polar surface area (TPSA) is 99.6 Å². The molecule has 1 fully saturated rings. The van der Waals surface area contributed by atoms with Crippen molar-refractivity contribution in [2.24, 2.45) is 0 Å². The molecule has 1 aromatic heterocycles. The number of piperidine rings is 1. The smallest absolute Gasteiger partial charge is 0.251 e. The zero-order chi connectivity index (χ0) is 18.8. The zero-order valence-corrected chi connectivity index (χ0v) is 15.2. The molecule has 0 atom stereocenters. The normalized spacial score (nSPS) is 17.6. The molecule has 0 unspecified atom stereocenters. The predicted octanol–water partition coefficient (Wildman–Crippen LogP) is 1.11. The Morgan fingerprint density at radius 3 is 2.38 bits per heavy atom. The first-order valence-electron chi connectivity index (χ1n) is 8.32. The molecule has 2 heterocycles. The second-order valence-electron chi connectivity index (χ2n) is 6.28. The minimum atomic E-state index is -3.67. The highest BCUT2D eigenvalue weighted by Gasteiger charge is 2.38. The van der Waals surface area contributed by atoms with Crippen LogP contribution in [0, 0.1) is 0 Å². The summed E-state index contributed by atoms with van der Waals surface area (Å²) in [7, 11) is -2.15. The van der Waals surface area contributed by atoms with Gasteiger partial charge in [-0.25, -0.2) is 8.42 Å². The molecule has 3 rings (SSSR count). The molecule has 8 heteroatoms. The van der Waals surface area contributed by atoms with Crippen molar-refractivity contribution < 1.29 is 18.3 Å². The van der Waals surface area contributed by atoms with Gasteiger partial charge < -0.3 is 10.4 Å². The second-order valence-corrected chi connectivity index (χ2v) is 8.22. The van der Waals surface area contributed by atoms with Crippen LogP contribution >= 0.6 is 0 Å². The first kappa shape index (κ1) is 18.5. The Bertz CT molecular complexity index is 874. The van der Waals surface area contributed by atoms with E-state index in [9.17, 15) is 18.3 Å². The summed E-state index contributed by atoms with van der Waals surface area (Å²) in [5.41, 5.74) is 0.0339. The standard InChI is InChI=1S/C18H21N3O4S/c1-19-17(22)14-4-6-16(7-5-14)26(24,25)21-11-8-18(23,9-12-21)15-3-2-10-20-13-15/h2-7,10,13,23H,8-9,11-12H2,1H3,(H,19,22). The van der Waals surface area contributed by atoms with Gasteiger partial charge in [-0.15, -0.1) is 0 Å². The highest BCUT2D eigenvalue weighted by Crippen LogP contribution is 2.34. The van der Waals surface area contributed by atoms with Crippen LogP contribution < -0.4 is 5.32 Å². The number of benzene rings is 1. The van der Waals surface area contributed by atoms with Crippen molar-refractivity contribution >= 4 is 15.9 Å². The molecule has 2 aromatic rings. The molecule has 0 aliphatic carbocycles. The fourth-order valence-corrected chi connectivity index (χ4v) is 4.54. The van der Waals surface area contributed by atoms with Gasteiger partial charge in [-0.05, 0) is 43.2 Å². The maximum Gasteiger partial charge on any atom is 0.251 e. The molecule has 1 amide bonds. The number of pyridine rings is 1. The molecule has 0 radical (unpaired) electrons. The van der Waals surface area contributed by atoms with Crippen LogP contribution in [-0.4, -0.2) is 48.9 Å². The van der Waals surface area contributed by atoms with Crippen LogP contribution in [0.25, 0.3) is 0 Å². The van der Waals surface area contributed by atoms with E-state index in [-0.39, 0.29) is 23.9 Å². The maximum absolute atomic E-state index is 12.8. The van der Waals surface area contributed by atoms with Gasteiger partial charge >= 0.3 is 0 Å². The van der Waals surface area contributed by atoms with E-state index in [0.29, 0.717) is 24.0 Å². The Balaban J connectivity index is 1.75. The lowest BCUT2D eigenvalue weighted by atomic mass is 9.86. The van der Waals surface area contributed by atoms with Gasteiger partial charge in [-0.2, -0.15) is 4.31 Å². The molecule has 0 spiro atoms. The summed E-state index contributed by atoms with van der Waals surface area (Å²) in [5.74, 6) is -0.270. The van der Waals surface area contributed by atoms with Gasteiger partial charge in [0.25, 0.3) is 5.91 Å². The lowest BCUT2D eigenvalue weighted by Gasteiger charge is -2.37. The van der Waals surface area contributed by atoms with E-state index in [1.54, 1.807) is 24.5 Å². The van der Waals surface area contributed by atoms with Gasteiger partial charge in [-0.3, -0.25) is 9.78 Å². The summed E-state index contributed by atoms with van der Waals surface area (Å²) in [4.78, 5) is 15.7. The number of aliphatic hydroxyl groups is 1. The van der Waals surface area contributed by atoms with E-state index in [1.807, 2.05) is 0 Å². The Hall–Kier alpha value is -2.29. The molecule has 1 saturated heterocycles. The van der Waals surface area contributed by atoms with E-state index in [4.69, 9.17) is 0 Å². The van der Waals surface area contributed by atoms with E-state index in [2.05, 4.69) is 10.3 Å². The summed E-state index contributed by atoms with van der Waals surface area (Å²) >= 11 is 0. The number of nitrogens with zero attached hydrogens (tertiary/aromatic N) is 2. The Labute approximate surface area is 152 Å².